The summed E-state index contributed by atoms with van der Waals surface area (Å²) >= 11 is 0. The van der Waals surface area contributed by atoms with Gasteiger partial charge in [0.15, 0.2) is 0 Å². The summed E-state index contributed by atoms with van der Waals surface area (Å²) in [5.41, 5.74) is 1.26. The van der Waals surface area contributed by atoms with E-state index in [1.807, 2.05) is 6.92 Å². The first-order valence-electron chi connectivity index (χ1n) is 5.08. The van der Waals surface area contributed by atoms with Crippen LogP contribution in [0.15, 0.2) is 11.6 Å². The molecule has 0 aromatic carbocycles. The smallest absolute Gasteiger partial charge is 0.330 e. The Kier molecular flexibility index (Phi) is 4.00. The van der Waals surface area contributed by atoms with Crippen molar-refractivity contribution in [2.24, 2.45) is 5.92 Å². The monoisotopic (exact) mass is 182 g/mol. The van der Waals surface area contributed by atoms with E-state index in [4.69, 9.17) is 4.74 Å². The SMILES string of the molecule is CCOC(=O)/C=C1/CCCC(C)C1. The maximum Gasteiger partial charge on any atom is 0.330 e. The zero-order chi connectivity index (χ0) is 9.68. The van der Waals surface area contributed by atoms with Gasteiger partial charge in [-0.15, -0.1) is 0 Å². The average Bonchev–Trinajstić information content (AvgIpc) is 2.04. The lowest BCUT2D eigenvalue weighted by Gasteiger charge is -2.19. The third kappa shape index (κ3) is 3.62. The fourth-order valence-electron chi connectivity index (χ4n) is 1.81. The molecule has 0 saturated heterocycles. The van der Waals surface area contributed by atoms with Gasteiger partial charge in [0.05, 0.1) is 6.61 Å². The van der Waals surface area contributed by atoms with Gasteiger partial charge in [0.2, 0.25) is 0 Å². The molecule has 0 aromatic rings. The predicted octanol–water partition coefficient (Wildman–Crippen LogP) is 2.69. The molecule has 1 aliphatic rings. The molecule has 0 aromatic heterocycles. The summed E-state index contributed by atoms with van der Waals surface area (Å²) in [6, 6.07) is 0. The molecular formula is C11H18O2. The Morgan fingerprint density at radius 3 is 3.08 bits per heavy atom. The first-order chi connectivity index (χ1) is 6.22. The molecule has 1 aliphatic carbocycles. The van der Waals surface area contributed by atoms with Crippen LogP contribution in [0, 0.1) is 5.92 Å². The molecule has 2 heteroatoms. The van der Waals surface area contributed by atoms with Crippen molar-refractivity contribution >= 4 is 5.97 Å². The number of hydrogen-bond donors (Lipinski definition) is 0. The van der Waals surface area contributed by atoms with Crippen molar-refractivity contribution in [2.75, 3.05) is 6.61 Å². The van der Waals surface area contributed by atoms with Crippen LogP contribution in [-0.2, 0) is 9.53 Å². The van der Waals surface area contributed by atoms with Crippen LogP contribution in [0.25, 0.3) is 0 Å². The normalized spacial score (nSPS) is 26.0. The second kappa shape index (κ2) is 5.05. The number of ether oxygens (including phenoxy) is 1. The topological polar surface area (TPSA) is 26.3 Å². The molecule has 0 aliphatic heterocycles. The van der Waals surface area contributed by atoms with E-state index in [1.165, 1.54) is 18.4 Å². The molecule has 0 heterocycles. The van der Waals surface area contributed by atoms with Crippen molar-refractivity contribution in [3.63, 3.8) is 0 Å². The number of rotatable bonds is 2. The molecule has 1 unspecified atom stereocenters. The minimum atomic E-state index is -0.174. The van der Waals surface area contributed by atoms with Crippen molar-refractivity contribution in [1.29, 1.82) is 0 Å². The first kappa shape index (κ1) is 10.3. The van der Waals surface area contributed by atoms with Crippen LogP contribution >= 0.6 is 0 Å². The van der Waals surface area contributed by atoms with Crippen LogP contribution in [0.1, 0.15) is 39.5 Å². The maximum atomic E-state index is 11.1. The Balaban J connectivity index is 2.44. The van der Waals surface area contributed by atoms with Gasteiger partial charge < -0.3 is 4.74 Å². The fourth-order valence-corrected chi connectivity index (χ4v) is 1.81. The summed E-state index contributed by atoms with van der Waals surface area (Å²) in [6.07, 6.45) is 6.33. The van der Waals surface area contributed by atoms with E-state index in [1.54, 1.807) is 6.08 Å². The van der Waals surface area contributed by atoms with Gasteiger partial charge in [0.25, 0.3) is 0 Å². The van der Waals surface area contributed by atoms with Crippen LogP contribution in [-0.4, -0.2) is 12.6 Å². The summed E-state index contributed by atoms with van der Waals surface area (Å²) in [4.78, 5) is 11.1. The van der Waals surface area contributed by atoms with Crippen molar-refractivity contribution < 1.29 is 9.53 Å². The van der Waals surface area contributed by atoms with Crippen LogP contribution in [0.5, 0.6) is 0 Å². The van der Waals surface area contributed by atoms with Gasteiger partial charge in [-0.05, 0) is 32.1 Å². The quantitative estimate of drug-likeness (QED) is 0.485. The van der Waals surface area contributed by atoms with Crippen molar-refractivity contribution in [3.8, 4) is 0 Å². The van der Waals surface area contributed by atoms with Gasteiger partial charge in [-0.2, -0.15) is 0 Å². The standard InChI is InChI=1S/C11H18O2/c1-3-13-11(12)8-10-6-4-5-9(2)7-10/h8-9H,3-7H2,1-2H3/b10-8-. The Hall–Kier alpha value is -0.790. The molecule has 0 N–H and O–H groups in total. The Labute approximate surface area is 80.0 Å². The highest BCUT2D eigenvalue weighted by molar-refractivity contribution is 5.82. The average molecular weight is 182 g/mol. The summed E-state index contributed by atoms with van der Waals surface area (Å²) in [7, 11) is 0. The number of esters is 1. The molecule has 1 fully saturated rings. The summed E-state index contributed by atoms with van der Waals surface area (Å²) in [5.74, 6) is 0.557. The van der Waals surface area contributed by atoms with Gasteiger partial charge in [-0.1, -0.05) is 18.9 Å². The molecule has 0 spiro atoms. The molecular weight excluding hydrogens is 164 g/mol. The lowest BCUT2D eigenvalue weighted by Crippen LogP contribution is -2.07. The van der Waals surface area contributed by atoms with E-state index >= 15 is 0 Å². The van der Waals surface area contributed by atoms with Crippen LogP contribution in [0.3, 0.4) is 0 Å². The van der Waals surface area contributed by atoms with Crippen LogP contribution in [0.4, 0.5) is 0 Å². The second-order valence-electron chi connectivity index (χ2n) is 3.76. The van der Waals surface area contributed by atoms with Gasteiger partial charge in [0, 0.05) is 6.08 Å². The zero-order valence-electron chi connectivity index (χ0n) is 8.51. The molecule has 1 rings (SSSR count). The van der Waals surface area contributed by atoms with E-state index in [-0.39, 0.29) is 5.97 Å². The molecule has 2 nitrogen and oxygen atoms in total. The number of carbonyl (C=O) groups excluding carboxylic acids is 1. The van der Waals surface area contributed by atoms with Crippen molar-refractivity contribution in [2.45, 2.75) is 39.5 Å². The molecule has 0 amide bonds. The molecule has 0 bridgehead atoms. The molecule has 1 saturated carbocycles. The molecule has 74 valence electrons. The number of hydrogen-bond acceptors (Lipinski definition) is 2. The summed E-state index contributed by atoms with van der Waals surface area (Å²) in [5, 5.41) is 0. The van der Waals surface area contributed by atoms with Crippen LogP contribution < -0.4 is 0 Å². The van der Waals surface area contributed by atoms with Gasteiger partial charge >= 0.3 is 5.97 Å². The van der Waals surface area contributed by atoms with Gasteiger partial charge in [0.1, 0.15) is 0 Å². The van der Waals surface area contributed by atoms with Gasteiger partial charge in [-0.25, -0.2) is 4.79 Å². The highest BCUT2D eigenvalue weighted by Crippen LogP contribution is 2.27. The third-order valence-corrected chi connectivity index (χ3v) is 2.41. The van der Waals surface area contributed by atoms with E-state index in [0.717, 1.165) is 18.8 Å². The Morgan fingerprint density at radius 1 is 1.69 bits per heavy atom. The van der Waals surface area contributed by atoms with E-state index < -0.39 is 0 Å². The predicted molar refractivity (Wildman–Crippen MR) is 52.3 cm³/mol. The minimum Gasteiger partial charge on any atom is -0.463 e. The zero-order valence-corrected chi connectivity index (χ0v) is 8.51. The highest BCUT2D eigenvalue weighted by atomic mass is 16.5. The molecule has 13 heavy (non-hydrogen) atoms. The van der Waals surface area contributed by atoms with Crippen molar-refractivity contribution in [3.05, 3.63) is 11.6 Å². The largest absolute Gasteiger partial charge is 0.463 e. The van der Waals surface area contributed by atoms with E-state index in [9.17, 15) is 4.79 Å². The fraction of sp³-hybridized carbons (Fsp3) is 0.727. The van der Waals surface area contributed by atoms with Crippen molar-refractivity contribution in [1.82, 2.24) is 0 Å². The Morgan fingerprint density at radius 2 is 2.46 bits per heavy atom. The Bertz CT molecular complexity index is 206. The molecule has 1 atom stereocenters. The van der Waals surface area contributed by atoms with Gasteiger partial charge in [-0.3, -0.25) is 0 Å². The maximum absolute atomic E-state index is 11.1. The van der Waals surface area contributed by atoms with E-state index in [2.05, 4.69) is 6.92 Å². The second-order valence-corrected chi connectivity index (χ2v) is 3.76. The van der Waals surface area contributed by atoms with E-state index in [0.29, 0.717) is 6.61 Å². The lowest BCUT2D eigenvalue weighted by molar-refractivity contribution is -0.137. The molecule has 0 radical (unpaired) electrons. The first-order valence-corrected chi connectivity index (χ1v) is 5.08. The number of carbonyl (C=O) groups is 1. The summed E-state index contributed by atoms with van der Waals surface area (Å²) in [6.45, 7) is 4.54. The van der Waals surface area contributed by atoms with Crippen LogP contribution in [0.2, 0.25) is 0 Å². The minimum absolute atomic E-state index is 0.174. The third-order valence-electron chi connectivity index (χ3n) is 2.41. The lowest BCUT2D eigenvalue weighted by atomic mass is 9.87. The highest BCUT2D eigenvalue weighted by Gasteiger charge is 2.13. The summed E-state index contributed by atoms with van der Waals surface area (Å²) < 4.78 is 4.86. The number of allylic oxidation sites excluding steroid dienone is 1.